The van der Waals surface area contributed by atoms with Gasteiger partial charge in [-0.2, -0.15) is 8.78 Å². The summed E-state index contributed by atoms with van der Waals surface area (Å²) in [6.45, 7) is 0.508. The Morgan fingerprint density at radius 3 is 2.53 bits per heavy atom. The highest BCUT2D eigenvalue weighted by atomic mass is 19.3. The summed E-state index contributed by atoms with van der Waals surface area (Å²) in [5.41, 5.74) is -0.919. The zero-order valence-electron chi connectivity index (χ0n) is 17.8. The molecular weight excluding hydrogens is 434 g/mol. The summed E-state index contributed by atoms with van der Waals surface area (Å²) in [7, 11) is 1.46. The van der Waals surface area contributed by atoms with Crippen LogP contribution in [0, 0.1) is 23.7 Å². The highest BCUT2D eigenvalue weighted by Crippen LogP contribution is 2.66. The van der Waals surface area contributed by atoms with Gasteiger partial charge >= 0.3 is 17.9 Å². The first-order valence-corrected chi connectivity index (χ1v) is 11.1. The van der Waals surface area contributed by atoms with Gasteiger partial charge in [-0.25, -0.2) is 4.79 Å². The first kappa shape index (κ1) is 21.2. The topological polar surface area (TPSA) is 98.8 Å². The maximum absolute atomic E-state index is 13.5. The van der Waals surface area contributed by atoms with Crippen LogP contribution in [0.25, 0.3) is 0 Å². The second kappa shape index (κ2) is 6.82. The molecule has 7 fully saturated rings. The quantitative estimate of drug-likeness (QED) is 0.449. The number of alkyl halides is 2. The van der Waals surface area contributed by atoms with E-state index in [0.717, 1.165) is 12.8 Å². The molecule has 11 heteroatoms. The summed E-state index contributed by atoms with van der Waals surface area (Å²) in [5.74, 6) is -7.18. The Labute approximate surface area is 182 Å². The Hall–Kier alpha value is -1.40. The monoisotopic (exact) mass is 460 g/mol. The smallest absolute Gasteiger partial charge is 0.377 e. The molecule has 7 unspecified atom stereocenters. The molecule has 0 aromatic carbocycles. The van der Waals surface area contributed by atoms with Gasteiger partial charge in [0.2, 0.25) is 6.29 Å². The van der Waals surface area contributed by atoms with Crippen molar-refractivity contribution in [2.24, 2.45) is 23.7 Å². The number of hydrogen-bond donors (Lipinski definition) is 0. The number of methoxy groups -OCH3 is 1. The fraction of sp³-hybridized carbons (Fsp3) is 0.905. The molecule has 3 aliphatic heterocycles. The highest BCUT2D eigenvalue weighted by Gasteiger charge is 2.73. The summed E-state index contributed by atoms with van der Waals surface area (Å²) < 4.78 is 66.9. The summed E-state index contributed by atoms with van der Waals surface area (Å²) >= 11 is 0. The Kier molecular flexibility index (Phi) is 4.51. The molecule has 0 amide bonds. The predicted molar refractivity (Wildman–Crippen MR) is 96.7 cm³/mol. The van der Waals surface area contributed by atoms with E-state index in [1.807, 2.05) is 0 Å². The zero-order chi connectivity index (χ0) is 22.5. The fourth-order valence-electron chi connectivity index (χ4n) is 7.00. The second-order valence-corrected chi connectivity index (χ2v) is 10.1. The lowest BCUT2D eigenvalue weighted by atomic mass is 9.51. The van der Waals surface area contributed by atoms with Gasteiger partial charge in [0.15, 0.2) is 18.9 Å². The number of rotatable bonds is 5. The second-order valence-electron chi connectivity index (χ2n) is 10.1. The maximum atomic E-state index is 13.5. The first-order valence-electron chi connectivity index (χ1n) is 11.1. The van der Waals surface area contributed by atoms with E-state index >= 15 is 0 Å². The average molecular weight is 460 g/mol. The molecule has 3 saturated heterocycles. The minimum atomic E-state index is -3.54. The number of halogens is 2. The Bertz CT molecular complexity index is 813. The average Bonchev–Trinajstić information content (AvgIpc) is 3.32. The Morgan fingerprint density at radius 2 is 1.88 bits per heavy atom. The molecule has 0 aromatic rings. The molecule has 4 bridgehead atoms. The van der Waals surface area contributed by atoms with Crippen LogP contribution in [-0.4, -0.2) is 67.9 Å². The summed E-state index contributed by atoms with van der Waals surface area (Å²) in [4.78, 5) is 24.5. The van der Waals surface area contributed by atoms with Gasteiger partial charge in [-0.15, -0.1) is 0 Å². The van der Waals surface area contributed by atoms with Crippen LogP contribution in [0.15, 0.2) is 0 Å². The molecule has 4 aliphatic carbocycles. The first-order chi connectivity index (χ1) is 15.1. The number of carbonyl (C=O) groups is 2. The van der Waals surface area contributed by atoms with E-state index in [1.165, 1.54) is 7.11 Å². The molecule has 178 valence electrons. The van der Waals surface area contributed by atoms with Gasteiger partial charge in [-0.05, 0) is 38.0 Å². The van der Waals surface area contributed by atoms with Crippen molar-refractivity contribution in [3.8, 4) is 0 Å². The van der Waals surface area contributed by atoms with Gasteiger partial charge in [0.1, 0.15) is 23.7 Å². The van der Waals surface area contributed by atoms with Crippen LogP contribution in [0.3, 0.4) is 0 Å². The lowest BCUT2D eigenvalue weighted by Gasteiger charge is -2.62. The van der Waals surface area contributed by atoms with Gasteiger partial charge in [-0.1, -0.05) is 0 Å². The van der Waals surface area contributed by atoms with Gasteiger partial charge in [0.25, 0.3) is 0 Å². The summed E-state index contributed by atoms with van der Waals surface area (Å²) in [6.07, 6.45) is 0.00236. The molecule has 0 aromatic heterocycles. The number of esters is 2. The number of ether oxygens (including phenoxy) is 7. The van der Waals surface area contributed by atoms with Crippen molar-refractivity contribution < 1.29 is 51.5 Å². The van der Waals surface area contributed by atoms with Crippen molar-refractivity contribution in [1.82, 2.24) is 0 Å². The van der Waals surface area contributed by atoms with Crippen molar-refractivity contribution in [2.75, 3.05) is 13.9 Å². The normalized spacial score (nSPS) is 50.6. The van der Waals surface area contributed by atoms with Crippen LogP contribution in [-0.2, 0) is 42.7 Å². The standard InChI is InChI=1S/C21H26F2O9/c1-19(22,23)18(25)32-20-5-9-3-10(6-20)21(11(4-9)7-20)30-14-12-13(28-17(14)31-21)16(27-8-26-2)29-15(12)24/h9-14,16-17H,3-8H2,1-2H3. The number of hydrogen-bond acceptors (Lipinski definition) is 9. The molecule has 7 rings (SSSR count). The van der Waals surface area contributed by atoms with E-state index < -0.39 is 60.0 Å². The van der Waals surface area contributed by atoms with Crippen LogP contribution in [0.4, 0.5) is 8.78 Å². The highest BCUT2D eigenvalue weighted by molar-refractivity contribution is 5.77. The molecule has 3 heterocycles. The van der Waals surface area contributed by atoms with Gasteiger partial charge in [-0.3, -0.25) is 4.79 Å². The van der Waals surface area contributed by atoms with Gasteiger partial charge in [0.05, 0.1) is 0 Å². The fourth-order valence-corrected chi connectivity index (χ4v) is 7.00. The molecule has 0 N–H and O–H groups in total. The Morgan fingerprint density at radius 1 is 1.16 bits per heavy atom. The van der Waals surface area contributed by atoms with Crippen LogP contribution in [0.1, 0.15) is 39.0 Å². The molecular formula is C21H26F2O9. The largest absolute Gasteiger partial charge is 0.455 e. The molecule has 9 nitrogen and oxygen atoms in total. The number of fused-ring (bicyclic) bond motifs is 3. The van der Waals surface area contributed by atoms with Crippen LogP contribution >= 0.6 is 0 Å². The van der Waals surface area contributed by atoms with E-state index in [1.54, 1.807) is 0 Å². The van der Waals surface area contributed by atoms with E-state index in [2.05, 4.69) is 0 Å². The SMILES string of the molecule is COCOC1OC(=O)C2C1OC1OC3(OC12)C1CC2CC3CC(OC(=O)C(C)(F)F)(C2)C1. The minimum absolute atomic E-state index is 0.0470. The van der Waals surface area contributed by atoms with Crippen molar-refractivity contribution in [3.63, 3.8) is 0 Å². The summed E-state index contributed by atoms with van der Waals surface area (Å²) in [6, 6.07) is 0. The van der Waals surface area contributed by atoms with Crippen molar-refractivity contribution in [2.45, 2.75) is 81.1 Å². The van der Waals surface area contributed by atoms with Gasteiger partial charge < -0.3 is 33.2 Å². The van der Waals surface area contributed by atoms with Gasteiger partial charge in [0, 0.05) is 25.9 Å². The van der Waals surface area contributed by atoms with Crippen molar-refractivity contribution in [3.05, 3.63) is 0 Å². The van der Waals surface area contributed by atoms with E-state index in [-0.39, 0.29) is 24.5 Å². The van der Waals surface area contributed by atoms with E-state index in [0.29, 0.717) is 26.2 Å². The molecule has 32 heavy (non-hydrogen) atoms. The molecule has 7 aliphatic rings. The van der Waals surface area contributed by atoms with Crippen molar-refractivity contribution >= 4 is 11.9 Å². The third kappa shape index (κ3) is 2.91. The molecule has 4 saturated carbocycles. The van der Waals surface area contributed by atoms with Crippen LogP contribution in [0.5, 0.6) is 0 Å². The Balaban J connectivity index is 1.21. The maximum Gasteiger partial charge on any atom is 0.377 e. The van der Waals surface area contributed by atoms with Crippen LogP contribution < -0.4 is 0 Å². The lowest BCUT2D eigenvalue weighted by Crippen LogP contribution is -2.66. The molecule has 7 atom stereocenters. The van der Waals surface area contributed by atoms with Crippen LogP contribution in [0.2, 0.25) is 0 Å². The molecule has 1 spiro atoms. The molecule has 0 radical (unpaired) electrons. The zero-order valence-corrected chi connectivity index (χ0v) is 17.8. The third-order valence-electron chi connectivity index (χ3n) is 7.95. The van der Waals surface area contributed by atoms with E-state index in [9.17, 15) is 18.4 Å². The minimum Gasteiger partial charge on any atom is -0.455 e. The number of cyclic esters (lactones) is 1. The summed E-state index contributed by atoms with van der Waals surface area (Å²) in [5, 5.41) is 0. The number of carbonyl (C=O) groups excluding carboxylic acids is 2. The lowest BCUT2D eigenvalue weighted by molar-refractivity contribution is -0.345. The predicted octanol–water partition coefficient (Wildman–Crippen LogP) is 1.72. The van der Waals surface area contributed by atoms with Crippen molar-refractivity contribution in [1.29, 1.82) is 0 Å². The third-order valence-corrected chi connectivity index (χ3v) is 7.95. The van der Waals surface area contributed by atoms with E-state index in [4.69, 9.17) is 33.2 Å².